The van der Waals surface area contributed by atoms with Gasteiger partial charge in [-0.25, -0.2) is 4.39 Å². The highest BCUT2D eigenvalue weighted by Crippen LogP contribution is 2.01. The lowest BCUT2D eigenvalue weighted by molar-refractivity contribution is -0.121. The lowest BCUT2D eigenvalue weighted by Crippen LogP contribution is -2.27. The zero-order valence-corrected chi connectivity index (χ0v) is 10.8. The highest BCUT2D eigenvalue weighted by atomic mass is 19.1. The van der Waals surface area contributed by atoms with E-state index in [1.807, 2.05) is 0 Å². The first-order valence-electron chi connectivity index (χ1n) is 6.44. The highest BCUT2D eigenvalue weighted by Gasteiger charge is 2.00. The van der Waals surface area contributed by atoms with Gasteiger partial charge in [-0.05, 0) is 30.7 Å². The molecule has 1 aromatic carbocycles. The molecule has 0 saturated heterocycles. The molecule has 0 atom stereocenters. The van der Waals surface area contributed by atoms with E-state index in [1.54, 1.807) is 12.1 Å². The van der Waals surface area contributed by atoms with E-state index in [0.717, 1.165) is 24.9 Å². The standard InChI is InChI=1S/C14H21FN2O/c1-2-3-9-16-10-8-14(18)17-11-12-4-6-13(15)7-5-12/h4-7,16H,2-3,8-11H2,1H3,(H,17,18). The molecule has 0 aliphatic heterocycles. The van der Waals surface area contributed by atoms with Crippen molar-refractivity contribution in [1.29, 1.82) is 0 Å². The Morgan fingerprint density at radius 2 is 1.94 bits per heavy atom. The van der Waals surface area contributed by atoms with Crippen molar-refractivity contribution in [2.45, 2.75) is 32.7 Å². The summed E-state index contributed by atoms with van der Waals surface area (Å²) in [4.78, 5) is 11.5. The number of unbranched alkanes of at least 4 members (excludes halogenated alkanes) is 1. The SMILES string of the molecule is CCCCNCCC(=O)NCc1ccc(F)cc1. The Labute approximate surface area is 108 Å². The minimum Gasteiger partial charge on any atom is -0.352 e. The summed E-state index contributed by atoms with van der Waals surface area (Å²) in [6.07, 6.45) is 2.77. The van der Waals surface area contributed by atoms with Gasteiger partial charge in [0.05, 0.1) is 0 Å². The van der Waals surface area contributed by atoms with Crippen molar-refractivity contribution in [2.75, 3.05) is 13.1 Å². The summed E-state index contributed by atoms with van der Waals surface area (Å²) < 4.78 is 12.7. The largest absolute Gasteiger partial charge is 0.352 e. The second-order valence-electron chi connectivity index (χ2n) is 4.26. The summed E-state index contributed by atoms with van der Waals surface area (Å²) in [7, 11) is 0. The van der Waals surface area contributed by atoms with E-state index in [0.29, 0.717) is 19.5 Å². The highest BCUT2D eigenvalue weighted by molar-refractivity contribution is 5.76. The van der Waals surface area contributed by atoms with E-state index >= 15 is 0 Å². The first-order valence-corrected chi connectivity index (χ1v) is 6.44. The molecule has 1 amide bonds. The van der Waals surface area contributed by atoms with Crippen molar-refractivity contribution in [2.24, 2.45) is 0 Å². The molecule has 1 aromatic rings. The Balaban J connectivity index is 2.11. The van der Waals surface area contributed by atoms with Crippen molar-refractivity contribution in [3.63, 3.8) is 0 Å². The molecule has 100 valence electrons. The van der Waals surface area contributed by atoms with Gasteiger partial charge in [0.2, 0.25) is 5.91 Å². The number of rotatable bonds is 8. The van der Waals surface area contributed by atoms with Crippen LogP contribution in [0.25, 0.3) is 0 Å². The van der Waals surface area contributed by atoms with Crippen LogP contribution in [0.15, 0.2) is 24.3 Å². The number of hydrogen-bond donors (Lipinski definition) is 2. The third-order valence-corrected chi connectivity index (χ3v) is 2.64. The maximum atomic E-state index is 12.7. The molecule has 0 aliphatic carbocycles. The average molecular weight is 252 g/mol. The Hall–Kier alpha value is -1.42. The summed E-state index contributed by atoms with van der Waals surface area (Å²) in [6.45, 7) is 4.25. The maximum absolute atomic E-state index is 12.7. The molecule has 1 rings (SSSR count). The van der Waals surface area contributed by atoms with Crippen LogP contribution in [0.5, 0.6) is 0 Å². The minimum absolute atomic E-state index is 0.0170. The number of hydrogen-bond acceptors (Lipinski definition) is 2. The van der Waals surface area contributed by atoms with E-state index in [1.165, 1.54) is 12.1 Å². The summed E-state index contributed by atoms with van der Waals surface area (Å²) in [5, 5.41) is 6.02. The van der Waals surface area contributed by atoms with Crippen molar-refractivity contribution < 1.29 is 9.18 Å². The van der Waals surface area contributed by atoms with Crippen LogP contribution >= 0.6 is 0 Å². The molecule has 3 nitrogen and oxygen atoms in total. The number of carbonyl (C=O) groups excluding carboxylic acids is 1. The molecule has 0 fully saturated rings. The molecule has 18 heavy (non-hydrogen) atoms. The van der Waals surface area contributed by atoms with Gasteiger partial charge < -0.3 is 10.6 Å². The molecule has 0 heterocycles. The lowest BCUT2D eigenvalue weighted by Gasteiger charge is -2.06. The predicted molar refractivity (Wildman–Crippen MR) is 70.6 cm³/mol. The van der Waals surface area contributed by atoms with Gasteiger partial charge in [-0.3, -0.25) is 4.79 Å². The number of amides is 1. The molecule has 0 aromatic heterocycles. The Kier molecular flexibility index (Phi) is 7.03. The summed E-state index contributed by atoms with van der Waals surface area (Å²) in [6, 6.07) is 6.14. The molecular formula is C14H21FN2O. The normalized spacial score (nSPS) is 10.3. The third kappa shape index (κ3) is 6.35. The second-order valence-corrected chi connectivity index (χ2v) is 4.26. The minimum atomic E-state index is -0.259. The fourth-order valence-corrected chi connectivity index (χ4v) is 1.52. The van der Waals surface area contributed by atoms with Gasteiger partial charge in [-0.1, -0.05) is 25.5 Å². The van der Waals surface area contributed by atoms with Crippen molar-refractivity contribution in [1.82, 2.24) is 10.6 Å². The van der Waals surface area contributed by atoms with Gasteiger partial charge in [0.1, 0.15) is 5.82 Å². The number of carbonyl (C=O) groups is 1. The molecule has 0 saturated carbocycles. The fraction of sp³-hybridized carbons (Fsp3) is 0.500. The molecule has 0 radical (unpaired) electrons. The van der Waals surface area contributed by atoms with Gasteiger partial charge in [0.15, 0.2) is 0 Å². The molecule has 0 bridgehead atoms. The third-order valence-electron chi connectivity index (χ3n) is 2.64. The van der Waals surface area contributed by atoms with E-state index in [4.69, 9.17) is 0 Å². The average Bonchev–Trinajstić information content (AvgIpc) is 2.38. The van der Waals surface area contributed by atoms with Crippen LogP contribution in [0, 0.1) is 5.82 Å². The van der Waals surface area contributed by atoms with Gasteiger partial charge in [-0.15, -0.1) is 0 Å². The first kappa shape index (κ1) is 14.6. The van der Waals surface area contributed by atoms with Gasteiger partial charge in [0, 0.05) is 19.5 Å². The van der Waals surface area contributed by atoms with Crippen molar-refractivity contribution in [3.05, 3.63) is 35.6 Å². The van der Waals surface area contributed by atoms with Crippen LogP contribution in [0.3, 0.4) is 0 Å². The molecule has 0 unspecified atom stereocenters. The quantitative estimate of drug-likeness (QED) is 0.697. The predicted octanol–water partition coefficient (Wildman–Crippen LogP) is 2.22. The summed E-state index contributed by atoms with van der Waals surface area (Å²) in [5.74, 6) is -0.242. The van der Waals surface area contributed by atoms with E-state index < -0.39 is 0 Å². The molecule has 4 heteroatoms. The monoisotopic (exact) mass is 252 g/mol. The van der Waals surface area contributed by atoms with E-state index in [9.17, 15) is 9.18 Å². The fourth-order valence-electron chi connectivity index (χ4n) is 1.52. The topological polar surface area (TPSA) is 41.1 Å². The Morgan fingerprint density at radius 3 is 2.61 bits per heavy atom. The molecule has 0 spiro atoms. The lowest BCUT2D eigenvalue weighted by atomic mass is 10.2. The molecule has 2 N–H and O–H groups in total. The summed E-state index contributed by atoms with van der Waals surface area (Å²) in [5.41, 5.74) is 0.906. The number of nitrogens with one attached hydrogen (secondary N) is 2. The second kappa shape index (κ2) is 8.64. The van der Waals surface area contributed by atoms with Crippen LogP contribution in [0.1, 0.15) is 31.7 Å². The maximum Gasteiger partial charge on any atom is 0.221 e. The number of benzene rings is 1. The van der Waals surface area contributed by atoms with Crippen LogP contribution < -0.4 is 10.6 Å². The van der Waals surface area contributed by atoms with Gasteiger partial charge >= 0.3 is 0 Å². The molecule has 0 aliphatic rings. The van der Waals surface area contributed by atoms with Crippen LogP contribution in [-0.4, -0.2) is 19.0 Å². The first-order chi connectivity index (χ1) is 8.72. The van der Waals surface area contributed by atoms with Crippen molar-refractivity contribution in [3.8, 4) is 0 Å². The molecular weight excluding hydrogens is 231 g/mol. The van der Waals surface area contributed by atoms with Gasteiger partial charge in [0.25, 0.3) is 0 Å². The van der Waals surface area contributed by atoms with Crippen LogP contribution in [0.4, 0.5) is 4.39 Å². The number of halogens is 1. The Bertz CT molecular complexity index is 351. The van der Waals surface area contributed by atoms with Crippen LogP contribution in [-0.2, 0) is 11.3 Å². The van der Waals surface area contributed by atoms with Crippen LogP contribution in [0.2, 0.25) is 0 Å². The Morgan fingerprint density at radius 1 is 1.22 bits per heavy atom. The summed E-state index contributed by atoms with van der Waals surface area (Å²) >= 11 is 0. The van der Waals surface area contributed by atoms with E-state index in [2.05, 4.69) is 17.6 Å². The van der Waals surface area contributed by atoms with E-state index in [-0.39, 0.29) is 11.7 Å². The zero-order chi connectivity index (χ0) is 13.2. The zero-order valence-electron chi connectivity index (χ0n) is 10.8. The van der Waals surface area contributed by atoms with Crippen molar-refractivity contribution >= 4 is 5.91 Å². The van der Waals surface area contributed by atoms with Gasteiger partial charge in [-0.2, -0.15) is 0 Å². The smallest absolute Gasteiger partial charge is 0.221 e.